The van der Waals surface area contributed by atoms with Gasteiger partial charge >= 0.3 is 0 Å². The van der Waals surface area contributed by atoms with Gasteiger partial charge < -0.3 is 15.1 Å². The van der Waals surface area contributed by atoms with E-state index in [2.05, 4.69) is 75.4 Å². The molecule has 2 fully saturated rings. The van der Waals surface area contributed by atoms with Crippen LogP contribution in [0.4, 0.5) is 0 Å². The predicted octanol–water partition coefficient (Wildman–Crippen LogP) is 4.39. The summed E-state index contributed by atoms with van der Waals surface area (Å²) in [6.45, 7) is 6.73. The normalized spacial score (nSPS) is 20.2. The summed E-state index contributed by atoms with van der Waals surface area (Å²) in [6, 6.07) is 29.3. The Morgan fingerprint density at radius 2 is 1.16 bits per heavy atom. The molecule has 2 N–H and O–H groups in total. The van der Waals surface area contributed by atoms with Crippen LogP contribution in [0.2, 0.25) is 5.02 Å². The number of piperazine rings is 1. The highest BCUT2D eigenvalue weighted by Gasteiger charge is 2.34. The Bertz CT molecular complexity index is 1060. The second kappa shape index (κ2) is 12.1. The summed E-state index contributed by atoms with van der Waals surface area (Å²) >= 11 is 6.01. The zero-order valence-corrected chi connectivity index (χ0v) is 22.2. The van der Waals surface area contributed by atoms with E-state index in [1.807, 2.05) is 24.3 Å². The van der Waals surface area contributed by atoms with E-state index in [0.717, 1.165) is 44.8 Å². The first-order chi connectivity index (χ1) is 18.0. The fourth-order valence-corrected chi connectivity index (χ4v) is 6.02. The van der Waals surface area contributed by atoms with E-state index < -0.39 is 11.7 Å². The minimum absolute atomic E-state index is 0.252. The molecule has 196 valence electrons. The van der Waals surface area contributed by atoms with Crippen LogP contribution < -0.4 is 0 Å². The minimum Gasteiger partial charge on any atom is -0.390 e. The SMILES string of the molecule is OC(CN1CCN(C(c2ccccc2)c2ccccc2)CC1)CN1CCC(O)(c2ccc(Cl)cc2)CC1. The van der Waals surface area contributed by atoms with Crippen molar-refractivity contribution in [2.24, 2.45) is 0 Å². The summed E-state index contributed by atoms with van der Waals surface area (Å²) in [5.41, 5.74) is 2.77. The third kappa shape index (κ3) is 6.61. The quantitative estimate of drug-likeness (QED) is 0.462. The van der Waals surface area contributed by atoms with Gasteiger partial charge in [0.05, 0.1) is 17.7 Å². The van der Waals surface area contributed by atoms with Gasteiger partial charge in [-0.15, -0.1) is 0 Å². The molecule has 0 saturated carbocycles. The highest BCUT2D eigenvalue weighted by atomic mass is 35.5. The fourth-order valence-electron chi connectivity index (χ4n) is 5.90. The smallest absolute Gasteiger partial charge is 0.0920 e. The Labute approximate surface area is 225 Å². The number of hydrogen-bond acceptors (Lipinski definition) is 5. The summed E-state index contributed by atoms with van der Waals surface area (Å²) < 4.78 is 0. The molecule has 0 bridgehead atoms. The Kier molecular flexibility index (Phi) is 8.60. The zero-order chi connectivity index (χ0) is 25.7. The molecule has 3 aromatic rings. The number of hydrogen-bond donors (Lipinski definition) is 2. The van der Waals surface area contributed by atoms with E-state index in [1.54, 1.807) is 0 Å². The van der Waals surface area contributed by atoms with Gasteiger partial charge in [0.15, 0.2) is 0 Å². The van der Waals surface area contributed by atoms with Gasteiger partial charge in [-0.2, -0.15) is 0 Å². The first-order valence-electron chi connectivity index (χ1n) is 13.5. The van der Waals surface area contributed by atoms with Gasteiger partial charge in [-0.05, 0) is 41.7 Å². The van der Waals surface area contributed by atoms with Gasteiger partial charge in [0, 0.05) is 57.4 Å². The fraction of sp³-hybridized carbons (Fsp3) is 0.419. The standard InChI is InChI=1S/C31H38ClN3O2/c32-28-13-11-27(12-14-28)31(37)15-17-33(18-16-31)23-29(36)24-34-19-21-35(22-20-34)30(25-7-3-1-4-8-25)26-9-5-2-6-10-26/h1-14,29-30,36-37H,15-24H2. The largest absolute Gasteiger partial charge is 0.390 e. The van der Waals surface area contributed by atoms with E-state index in [9.17, 15) is 10.2 Å². The summed E-state index contributed by atoms with van der Waals surface area (Å²) in [5, 5.41) is 22.7. The monoisotopic (exact) mass is 519 g/mol. The van der Waals surface area contributed by atoms with Gasteiger partial charge in [0.2, 0.25) is 0 Å². The number of β-amino-alcohol motifs (C(OH)–C–C–N with tert-alkyl or cyclic N) is 1. The molecule has 5 rings (SSSR count). The average molecular weight is 520 g/mol. The number of rotatable bonds is 8. The van der Waals surface area contributed by atoms with Gasteiger partial charge in [-0.25, -0.2) is 0 Å². The van der Waals surface area contributed by atoms with Crippen molar-refractivity contribution >= 4 is 11.6 Å². The molecule has 2 heterocycles. The second-order valence-corrected chi connectivity index (χ2v) is 11.0. The highest BCUT2D eigenvalue weighted by molar-refractivity contribution is 6.30. The van der Waals surface area contributed by atoms with Crippen LogP contribution in [0.5, 0.6) is 0 Å². The molecule has 0 aliphatic carbocycles. The lowest BCUT2D eigenvalue weighted by Crippen LogP contribution is -2.51. The lowest BCUT2D eigenvalue weighted by molar-refractivity contribution is -0.0376. The van der Waals surface area contributed by atoms with Crippen LogP contribution >= 0.6 is 11.6 Å². The molecule has 0 radical (unpaired) electrons. The third-order valence-electron chi connectivity index (χ3n) is 8.01. The number of likely N-dealkylation sites (tertiary alicyclic amines) is 1. The van der Waals surface area contributed by atoms with Crippen LogP contribution in [0.15, 0.2) is 84.9 Å². The Hall–Kier alpha value is -2.25. The molecule has 1 atom stereocenters. The zero-order valence-electron chi connectivity index (χ0n) is 21.4. The van der Waals surface area contributed by atoms with Crippen molar-refractivity contribution in [3.05, 3.63) is 107 Å². The maximum Gasteiger partial charge on any atom is 0.0920 e. The third-order valence-corrected chi connectivity index (χ3v) is 8.26. The van der Waals surface area contributed by atoms with E-state index in [4.69, 9.17) is 11.6 Å². The number of benzene rings is 3. The van der Waals surface area contributed by atoms with Crippen LogP contribution in [0, 0.1) is 0 Å². The van der Waals surface area contributed by atoms with Crippen LogP contribution in [-0.4, -0.2) is 83.4 Å². The van der Waals surface area contributed by atoms with Crippen molar-refractivity contribution in [2.45, 2.75) is 30.6 Å². The van der Waals surface area contributed by atoms with Gasteiger partial charge in [-0.1, -0.05) is 84.4 Å². The number of piperidine rings is 1. The van der Waals surface area contributed by atoms with Crippen LogP contribution in [-0.2, 0) is 5.60 Å². The molecule has 3 aromatic carbocycles. The van der Waals surface area contributed by atoms with E-state index >= 15 is 0 Å². The summed E-state index contributed by atoms with van der Waals surface area (Å²) in [6.07, 6.45) is 0.938. The second-order valence-electron chi connectivity index (χ2n) is 10.6. The molecule has 1 unspecified atom stereocenters. The highest BCUT2D eigenvalue weighted by Crippen LogP contribution is 2.33. The number of nitrogens with zero attached hydrogens (tertiary/aromatic N) is 3. The molecule has 5 nitrogen and oxygen atoms in total. The molecule has 6 heteroatoms. The molecule has 2 aliphatic rings. The molecular formula is C31H38ClN3O2. The molecule has 37 heavy (non-hydrogen) atoms. The predicted molar refractivity (Wildman–Crippen MR) is 150 cm³/mol. The Morgan fingerprint density at radius 3 is 1.68 bits per heavy atom. The van der Waals surface area contributed by atoms with Crippen LogP contribution in [0.3, 0.4) is 0 Å². The first-order valence-corrected chi connectivity index (χ1v) is 13.8. The molecule has 2 aliphatic heterocycles. The number of aliphatic hydroxyl groups is 2. The van der Waals surface area contributed by atoms with Crippen LogP contribution in [0.25, 0.3) is 0 Å². The molecule has 0 aromatic heterocycles. The maximum atomic E-state index is 11.1. The summed E-state index contributed by atoms with van der Waals surface area (Å²) in [4.78, 5) is 7.24. The number of aliphatic hydroxyl groups excluding tert-OH is 1. The lowest BCUT2D eigenvalue weighted by Gasteiger charge is -2.41. The molecular weight excluding hydrogens is 482 g/mol. The van der Waals surface area contributed by atoms with Gasteiger partial charge in [0.25, 0.3) is 0 Å². The topological polar surface area (TPSA) is 50.2 Å². The molecule has 0 spiro atoms. The van der Waals surface area contributed by atoms with E-state index in [0.29, 0.717) is 31.0 Å². The van der Waals surface area contributed by atoms with Crippen molar-refractivity contribution in [1.82, 2.24) is 14.7 Å². The van der Waals surface area contributed by atoms with E-state index in [1.165, 1.54) is 11.1 Å². The maximum absolute atomic E-state index is 11.1. The van der Waals surface area contributed by atoms with Crippen molar-refractivity contribution in [1.29, 1.82) is 0 Å². The van der Waals surface area contributed by atoms with Crippen molar-refractivity contribution in [3.8, 4) is 0 Å². The molecule has 0 amide bonds. The minimum atomic E-state index is -0.809. The van der Waals surface area contributed by atoms with Gasteiger partial charge in [0.1, 0.15) is 0 Å². The Morgan fingerprint density at radius 1 is 0.676 bits per heavy atom. The van der Waals surface area contributed by atoms with Crippen LogP contribution in [0.1, 0.15) is 35.6 Å². The van der Waals surface area contributed by atoms with Crippen molar-refractivity contribution in [2.75, 3.05) is 52.4 Å². The Balaban J connectivity index is 1.11. The molecule has 2 saturated heterocycles. The summed E-state index contributed by atoms with van der Waals surface area (Å²) in [5.74, 6) is 0. The van der Waals surface area contributed by atoms with E-state index in [-0.39, 0.29) is 6.04 Å². The average Bonchev–Trinajstić information content (AvgIpc) is 2.93. The summed E-state index contributed by atoms with van der Waals surface area (Å²) in [7, 11) is 0. The first kappa shape index (κ1) is 26.4. The van der Waals surface area contributed by atoms with Gasteiger partial charge in [-0.3, -0.25) is 9.80 Å². The van der Waals surface area contributed by atoms with Crippen molar-refractivity contribution in [3.63, 3.8) is 0 Å². The number of halogens is 1. The van der Waals surface area contributed by atoms with Crippen molar-refractivity contribution < 1.29 is 10.2 Å². The lowest BCUT2D eigenvalue weighted by atomic mass is 9.84.